The lowest BCUT2D eigenvalue weighted by Gasteiger charge is -2.22. The molecule has 6 nitrogen and oxygen atoms in total. The summed E-state index contributed by atoms with van der Waals surface area (Å²) in [5, 5.41) is 6.29. The highest BCUT2D eigenvalue weighted by Crippen LogP contribution is 2.25. The molecule has 1 aliphatic rings. The lowest BCUT2D eigenvalue weighted by atomic mass is 10.1. The fourth-order valence-electron chi connectivity index (χ4n) is 2.78. The number of nitrogens with zero attached hydrogens (tertiary/aromatic N) is 2. The molecule has 3 rings (SSSR count). The van der Waals surface area contributed by atoms with Crippen molar-refractivity contribution < 1.29 is 9.53 Å². The predicted octanol–water partition coefficient (Wildman–Crippen LogP) is 1.81. The largest absolute Gasteiger partial charge is 0.489 e. The van der Waals surface area contributed by atoms with Crippen LogP contribution in [0.5, 0.6) is 5.75 Å². The summed E-state index contributed by atoms with van der Waals surface area (Å²) in [6.45, 7) is 6.27. The van der Waals surface area contributed by atoms with E-state index >= 15 is 0 Å². The van der Waals surface area contributed by atoms with Gasteiger partial charge in [-0.25, -0.2) is 5.10 Å². The van der Waals surface area contributed by atoms with Crippen molar-refractivity contribution in [3.05, 3.63) is 57.0 Å². The van der Waals surface area contributed by atoms with E-state index in [0.29, 0.717) is 24.3 Å². The van der Waals surface area contributed by atoms with Gasteiger partial charge in [0.2, 0.25) is 0 Å². The molecule has 23 heavy (non-hydrogen) atoms. The maximum absolute atomic E-state index is 12.9. The number of fused-ring (bicyclic) bond motifs is 1. The Morgan fingerprint density at radius 3 is 2.87 bits per heavy atom. The van der Waals surface area contributed by atoms with Gasteiger partial charge in [0.1, 0.15) is 17.4 Å². The molecule has 1 atom stereocenters. The second-order valence-electron chi connectivity index (χ2n) is 5.86. The molecule has 2 heterocycles. The van der Waals surface area contributed by atoms with Gasteiger partial charge in [0.25, 0.3) is 11.5 Å². The summed E-state index contributed by atoms with van der Waals surface area (Å²) in [4.78, 5) is 26.7. The zero-order valence-electron chi connectivity index (χ0n) is 13.4. The van der Waals surface area contributed by atoms with Crippen molar-refractivity contribution in [1.29, 1.82) is 0 Å². The number of hydrogen-bond acceptors (Lipinski definition) is 4. The highest BCUT2D eigenvalue weighted by atomic mass is 16.5. The van der Waals surface area contributed by atoms with Crippen molar-refractivity contribution in [3.63, 3.8) is 0 Å². The van der Waals surface area contributed by atoms with Crippen molar-refractivity contribution in [1.82, 2.24) is 15.1 Å². The molecule has 0 saturated carbocycles. The average molecular weight is 313 g/mol. The first-order valence-corrected chi connectivity index (χ1v) is 7.57. The van der Waals surface area contributed by atoms with Crippen LogP contribution in [0.3, 0.4) is 0 Å². The van der Waals surface area contributed by atoms with Gasteiger partial charge in [-0.15, -0.1) is 0 Å². The Morgan fingerprint density at radius 1 is 1.35 bits per heavy atom. The van der Waals surface area contributed by atoms with Gasteiger partial charge >= 0.3 is 0 Å². The van der Waals surface area contributed by atoms with Gasteiger partial charge in [0.15, 0.2) is 0 Å². The zero-order valence-corrected chi connectivity index (χ0v) is 13.4. The molecule has 120 valence electrons. The number of benzene rings is 1. The van der Waals surface area contributed by atoms with E-state index < -0.39 is 5.56 Å². The van der Waals surface area contributed by atoms with Gasteiger partial charge in [-0.1, -0.05) is 18.2 Å². The summed E-state index contributed by atoms with van der Waals surface area (Å²) in [6.07, 6.45) is -0.148. The smallest absolute Gasteiger partial charge is 0.277 e. The van der Waals surface area contributed by atoms with Gasteiger partial charge in [-0.05, 0) is 32.4 Å². The average Bonchev–Trinajstić information content (AvgIpc) is 2.69. The van der Waals surface area contributed by atoms with E-state index in [-0.39, 0.29) is 17.6 Å². The van der Waals surface area contributed by atoms with Crippen LogP contribution >= 0.6 is 0 Å². The molecule has 0 aliphatic carbocycles. The fourth-order valence-corrected chi connectivity index (χ4v) is 2.78. The number of rotatable bonds is 1. The fraction of sp³-hybridized carbons (Fsp3) is 0.353. The van der Waals surface area contributed by atoms with Crippen molar-refractivity contribution in [2.24, 2.45) is 0 Å². The Bertz CT molecular complexity index is 813. The standard InChI is InChI=1S/C17H19N3O3/c1-10-8-20(9-13-6-4-5-7-14(13)23-10)17(22)15-11(2)12(3)18-19-16(15)21/h4-7,10H,8-9H2,1-3H3,(H,19,21). The highest BCUT2D eigenvalue weighted by molar-refractivity contribution is 5.95. The molecule has 0 fully saturated rings. The lowest BCUT2D eigenvalue weighted by molar-refractivity contribution is 0.0687. The number of aromatic amines is 1. The summed E-state index contributed by atoms with van der Waals surface area (Å²) in [6, 6.07) is 7.65. The van der Waals surface area contributed by atoms with E-state index in [4.69, 9.17) is 4.74 Å². The molecule has 1 aromatic heterocycles. The number of ether oxygens (including phenoxy) is 1. The summed E-state index contributed by atoms with van der Waals surface area (Å²) < 4.78 is 5.87. The molecule has 1 aliphatic heterocycles. The van der Waals surface area contributed by atoms with Crippen LogP contribution in [0.1, 0.15) is 34.1 Å². The monoisotopic (exact) mass is 313 g/mol. The first-order chi connectivity index (χ1) is 11.0. The van der Waals surface area contributed by atoms with Crippen LogP contribution in [0, 0.1) is 13.8 Å². The third-order valence-corrected chi connectivity index (χ3v) is 4.11. The van der Waals surface area contributed by atoms with Crippen LogP contribution < -0.4 is 10.3 Å². The molecule has 1 amide bonds. The van der Waals surface area contributed by atoms with Crippen LogP contribution in [0.4, 0.5) is 0 Å². The predicted molar refractivity (Wildman–Crippen MR) is 85.6 cm³/mol. The van der Waals surface area contributed by atoms with E-state index in [2.05, 4.69) is 10.2 Å². The number of aromatic nitrogens is 2. The second-order valence-corrected chi connectivity index (χ2v) is 5.86. The minimum atomic E-state index is -0.454. The van der Waals surface area contributed by atoms with Crippen molar-refractivity contribution in [2.45, 2.75) is 33.4 Å². The zero-order chi connectivity index (χ0) is 16.6. The van der Waals surface area contributed by atoms with E-state index in [9.17, 15) is 9.59 Å². The minimum absolute atomic E-state index is 0.148. The van der Waals surface area contributed by atoms with Crippen LogP contribution in [0.2, 0.25) is 0 Å². The summed E-state index contributed by atoms with van der Waals surface area (Å²) >= 11 is 0. The maximum atomic E-state index is 12.9. The molecule has 0 saturated heterocycles. The molecule has 1 aromatic carbocycles. The number of amides is 1. The molecule has 0 spiro atoms. The van der Waals surface area contributed by atoms with Crippen molar-refractivity contribution in [3.8, 4) is 5.75 Å². The summed E-state index contributed by atoms with van der Waals surface area (Å²) in [5.41, 5.74) is 1.90. The third-order valence-electron chi connectivity index (χ3n) is 4.11. The van der Waals surface area contributed by atoms with E-state index in [1.54, 1.807) is 18.7 Å². The Morgan fingerprint density at radius 2 is 2.09 bits per heavy atom. The first kappa shape index (κ1) is 15.3. The SMILES string of the molecule is Cc1n[nH]c(=O)c(C(=O)N2Cc3ccccc3OC(C)C2)c1C. The molecule has 0 radical (unpaired) electrons. The third kappa shape index (κ3) is 2.84. The number of para-hydroxylation sites is 1. The van der Waals surface area contributed by atoms with E-state index in [1.165, 1.54) is 0 Å². The quantitative estimate of drug-likeness (QED) is 0.871. The Balaban J connectivity index is 2.00. The molecule has 1 N–H and O–H groups in total. The number of carbonyl (C=O) groups is 1. The van der Waals surface area contributed by atoms with Crippen LogP contribution in [0.25, 0.3) is 0 Å². The molecule has 2 aromatic rings. The van der Waals surface area contributed by atoms with Gasteiger partial charge in [0, 0.05) is 12.1 Å². The summed E-state index contributed by atoms with van der Waals surface area (Å²) in [5.74, 6) is 0.494. The van der Waals surface area contributed by atoms with Crippen molar-refractivity contribution >= 4 is 5.91 Å². The maximum Gasteiger partial charge on any atom is 0.277 e. The lowest BCUT2D eigenvalue weighted by Crippen LogP contribution is -2.39. The van der Waals surface area contributed by atoms with Crippen LogP contribution in [-0.4, -0.2) is 33.7 Å². The summed E-state index contributed by atoms with van der Waals surface area (Å²) in [7, 11) is 0. The Labute approximate surface area is 134 Å². The second kappa shape index (κ2) is 5.87. The number of H-pyrrole nitrogens is 1. The van der Waals surface area contributed by atoms with E-state index in [0.717, 1.165) is 11.3 Å². The normalized spacial score (nSPS) is 17.2. The van der Waals surface area contributed by atoms with E-state index in [1.807, 2.05) is 31.2 Å². The van der Waals surface area contributed by atoms with Crippen molar-refractivity contribution in [2.75, 3.05) is 6.54 Å². The molecule has 0 bridgehead atoms. The molecular formula is C17H19N3O3. The van der Waals surface area contributed by atoms with Gasteiger partial charge < -0.3 is 9.64 Å². The molecule has 6 heteroatoms. The Kier molecular flexibility index (Phi) is 3.90. The van der Waals surface area contributed by atoms with Gasteiger partial charge in [-0.2, -0.15) is 5.10 Å². The molecule has 1 unspecified atom stereocenters. The minimum Gasteiger partial charge on any atom is -0.489 e. The van der Waals surface area contributed by atoms with Crippen LogP contribution in [0.15, 0.2) is 29.1 Å². The van der Waals surface area contributed by atoms with Gasteiger partial charge in [-0.3, -0.25) is 9.59 Å². The number of carbonyl (C=O) groups excluding carboxylic acids is 1. The first-order valence-electron chi connectivity index (χ1n) is 7.57. The van der Waals surface area contributed by atoms with Gasteiger partial charge in [0.05, 0.1) is 12.2 Å². The topological polar surface area (TPSA) is 75.3 Å². The Hall–Kier alpha value is -2.63. The number of hydrogen-bond donors (Lipinski definition) is 1. The highest BCUT2D eigenvalue weighted by Gasteiger charge is 2.27. The van der Waals surface area contributed by atoms with Crippen LogP contribution in [-0.2, 0) is 6.54 Å². The molecular weight excluding hydrogens is 294 g/mol. The number of nitrogens with one attached hydrogen (secondary N) is 1. The number of aryl methyl sites for hydroxylation is 1.